The van der Waals surface area contributed by atoms with Crippen LogP contribution in [-0.2, 0) is 9.59 Å². The van der Waals surface area contributed by atoms with Crippen LogP contribution in [0.15, 0.2) is 0 Å². The highest BCUT2D eigenvalue weighted by Gasteiger charge is 2.19. The zero-order chi connectivity index (χ0) is 11.1. The lowest BCUT2D eigenvalue weighted by Crippen LogP contribution is -2.17. The Morgan fingerprint density at radius 2 is 1.47 bits per heavy atom. The summed E-state index contributed by atoms with van der Waals surface area (Å²) in [6.07, 6.45) is 8.15. The molecule has 0 spiro atoms. The summed E-state index contributed by atoms with van der Waals surface area (Å²) in [4.78, 5) is 22.1. The zero-order valence-electron chi connectivity index (χ0n) is 9.21. The minimum Gasteiger partial charge on any atom is -0.481 e. The van der Waals surface area contributed by atoms with Crippen LogP contribution in [0, 0.1) is 5.92 Å². The van der Waals surface area contributed by atoms with Crippen LogP contribution in [0.5, 0.6) is 0 Å². The van der Waals surface area contributed by atoms with Gasteiger partial charge in [0.25, 0.3) is 0 Å². The van der Waals surface area contributed by atoms with Crippen LogP contribution in [0.4, 0.5) is 0 Å². The smallest absolute Gasteiger partial charge is 0.303 e. The molecular weight excluding hydrogens is 192 g/mol. The van der Waals surface area contributed by atoms with E-state index in [0.717, 1.165) is 25.7 Å². The van der Waals surface area contributed by atoms with Crippen molar-refractivity contribution in [1.82, 2.24) is 0 Å². The van der Waals surface area contributed by atoms with E-state index in [9.17, 15) is 9.59 Å². The molecule has 1 rings (SSSR count). The van der Waals surface area contributed by atoms with E-state index in [1.54, 1.807) is 0 Å². The second-order valence-electron chi connectivity index (χ2n) is 4.40. The van der Waals surface area contributed by atoms with Crippen LogP contribution in [-0.4, -0.2) is 16.9 Å². The highest BCUT2D eigenvalue weighted by atomic mass is 16.4. The maximum Gasteiger partial charge on any atom is 0.303 e. The molecule has 86 valence electrons. The second kappa shape index (κ2) is 6.59. The first-order valence-electron chi connectivity index (χ1n) is 5.94. The van der Waals surface area contributed by atoms with Gasteiger partial charge in [-0.2, -0.15) is 0 Å². The van der Waals surface area contributed by atoms with E-state index in [4.69, 9.17) is 5.11 Å². The molecule has 0 aromatic heterocycles. The summed E-state index contributed by atoms with van der Waals surface area (Å²) >= 11 is 0. The van der Waals surface area contributed by atoms with Gasteiger partial charge in [0.05, 0.1) is 6.42 Å². The van der Waals surface area contributed by atoms with Crippen molar-refractivity contribution in [3.05, 3.63) is 0 Å². The molecule has 0 unspecified atom stereocenters. The number of rotatable bonds is 4. The molecule has 1 saturated carbocycles. The predicted octanol–water partition coefficient (Wildman–Crippen LogP) is 2.78. The number of aliphatic carboxylic acids is 1. The van der Waals surface area contributed by atoms with E-state index in [1.807, 2.05) is 0 Å². The van der Waals surface area contributed by atoms with E-state index < -0.39 is 5.97 Å². The third-order valence-electron chi connectivity index (χ3n) is 3.15. The summed E-state index contributed by atoms with van der Waals surface area (Å²) < 4.78 is 0. The maximum atomic E-state index is 11.7. The second-order valence-corrected chi connectivity index (χ2v) is 4.40. The van der Waals surface area contributed by atoms with Crippen molar-refractivity contribution in [3.8, 4) is 0 Å². The van der Waals surface area contributed by atoms with Gasteiger partial charge in [0.1, 0.15) is 5.78 Å². The summed E-state index contributed by atoms with van der Waals surface area (Å²) in [6.45, 7) is 0. The molecule has 0 atom stereocenters. The Labute approximate surface area is 90.9 Å². The van der Waals surface area contributed by atoms with Crippen LogP contribution in [0.1, 0.15) is 57.8 Å². The van der Waals surface area contributed by atoms with Gasteiger partial charge in [0, 0.05) is 12.3 Å². The van der Waals surface area contributed by atoms with Crippen molar-refractivity contribution < 1.29 is 14.7 Å². The predicted molar refractivity (Wildman–Crippen MR) is 57.7 cm³/mol. The van der Waals surface area contributed by atoms with Gasteiger partial charge in [-0.25, -0.2) is 0 Å². The van der Waals surface area contributed by atoms with Gasteiger partial charge in [0.2, 0.25) is 0 Å². The lowest BCUT2D eigenvalue weighted by atomic mass is 9.87. The SMILES string of the molecule is O=C(O)CCC(=O)C1CCCCCCC1. The van der Waals surface area contributed by atoms with Crippen molar-refractivity contribution in [1.29, 1.82) is 0 Å². The van der Waals surface area contributed by atoms with Gasteiger partial charge < -0.3 is 5.11 Å². The number of ketones is 1. The maximum absolute atomic E-state index is 11.7. The van der Waals surface area contributed by atoms with Gasteiger partial charge in [-0.15, -0.1) is 0 Å². The van der Waals surface area contributed by atoms with E-state index in [-0.39, 0.29) is 24.5 Å². The molecule has 1 aliphatic rings. The summed E-state index contributed by atoms with van der Waals surface area (Å²) in [5.74, 6) is -0.557. The number of carboxylic acid groups (broad SMARTS) is 1. The Morgan fingerprint density at radius 1 is 0.933 bits per heavy atom. The molecule has 0 saturated heterocycles. The van der Waals surface area contributed by atoms with E-state index in [1.165, 1.54) is 19.3 Å². The molecule has 0 heterocycles. The molecule has 1 aliphatic carbocycles. The number of carbonyl (C=O) groups excluding carboxylic acids is 1. The number of Topliss-reactive ketones (excluding diaryl/α,β-unsaturated/α-hetero) is 1. The summed E-state index contributed by atoms with van der Waals surface area (Å²) in [6, 6.07) is 0. The van der Waals surface area contributed by atoms with Crippen LogP contribution >= 0.6 is 0 Å². The minimum absolute atomic E-state index is 0.00463. The molecule has 0 aromatic rings. The standard InChI is InChI=1S/C12H20O3/c13-11(8-9-12(14)15)10-6-4-2-1-3-5-7-10/h10H,1-9H2,(H,14,15). The van der Waals surface area contributed by atoms with Gasteiger partial charge in [0.15, 0.2) is 0 Å². The van der Waals surface area contributed by atoms with Crippen molar-refractivity contribution in [2.24, 2.45) is 5.92 Å². The summed E-state index contributed by atoms with van der Waals surface area (Å²) in [5, 5.41) is 8.51. The van der Waals surface area contributed by atoms with Crippen LogP contribution < -0.4 is 0 Å². The van der Waals surface area contributed by atoms with Crippen LogP contribution in [0.3, 0.4) is 0 Å². The van der Waals surface area contributed by atoms with Gasteiger partial charge in [-0.1, -0.05) is 32.1 Å². The quantitative estimate of drug-likeness (QED) is 0.779. The molecule has 3 heteroatoms. The number of hydrogen-bond acceptors (Lipinski definition) is 2. The molecule has 0 aliphatic heterocycles. The zero-order valence-corrected chi connectivity index (χ0v) is 9.21. The molecule has 0 aromatic carbocycles. The lowest BCUT2D eigenvalue weighted by molar-refractivity contribution is -0.139. The third kappa shape index (κ3) is 4.96. The third-order valence-corrected chi connectivity index (χ3v) is 3.15. The fourth-order valence-electron chi connectivity index (χ4n) is 2.21. The average Bonchev–Trinajstić information content (AvgIpc) is 2.13. The first kappa shape index (κ1) is 12.2. The summed E-state index contributed by atoms with van der Waals surface area (Å²) in [5.41, 5.74) is 0. The fraction of sp³-hybridized carbons (Fsp3) is 0.833. The summed E-state index contributed by atoms with van der Waals surface area (Å²) in [7, 11) is 0. The molecule has 0 radical (unpaired) electrons. The molecule has 0 amide bonds. The monoisotopic (exact) mass is 212 g/mol. The molecule has 3 nitrogen and oxygen atoms in total. The van der Waals surface area contributed by atoms with E-state index >= 15 is 0 Å². The Hall–Kier alpha value is -0.860. The molecular formula is C12H20O3. The Kier molecular flexibility index (Phi) is 5.37. The molecule has 15 heavy (non-hydrogen) atoms. The van der Waals surface area contributed by atoms with Crippen molar-refractivity contribution in [2.75, 3.05) is 0 Å². The van der Waals surface area contributed by atoms with Gasteiger partial charge in [-0.05, 0) is 12.8 Å². The average molecular weight is 212 g/mol. The molecule has 1 fully saturated rings. The van der Waals surface area contributed by atoms with Gasteiger partial charge >= 0.3 is 5.97 Å². The number of carboxylic acids is 1. The van der Waals surface area contributed by atoms with E-state index in [2.05, 4.69) is 0 Å². The Morgan fingerprint density at radius 3 is 2.00 bits per heavy atom. The van der Waals surface area contributed by atoms with Crippen LogP contribution in [0.2, 0.25) is 0 Å². The highest BCUT2D eigenvalue weighted by Crippen LogP contribution is 2.24. The minimum atomic E-state index is -0.866. The normalized spacial score (nSPS) is 19.2. The highest BCUT2D eigenvalue weighted by molar-refractivity contribution is 5.84. The molecule has 0 bridgehead atoms. The number of hydrogen-bond donors (Lipinski definition) is 1. The largest absolute Gasteiger partial charge is 0.481 e. The Balaban J connectivity index is 2.31. The van der Waals surface area contributed by atoms with E-state index in [0.29, 0.717) is 0 Å². The first-order chi connectivity index (χ1) is 7.20. The van der Waals surface area contributed by atoms with Crippen LogP contribution in [0.25, 0.3) is 0 Å². The van der Waals surface area contributed by atoms with Gasteiger partial charge in [-0.3, -0.25) is 9.59 Å². The van der Waals surface area contributed by atoms with Crippen molar-refractivity contribution in [3.63, 3.8) is 0 Å². The number of carbonyl (C=O) groups is 2. The fourth-order valence-corrected chi connectivity index (χ4v) is 2.21. The Bertz CT molecular complexity index is 215. The molecule has 1 N–H and O–H groups in total. The van der Waals surface area contributed by atoms with Crippen molar-refractivity contribution in [2.45, 2.75) is 57.8 Å². The van der Waals surface area contributed by atoms with Crippen molar-refractivity contribution >= 4 is 11.8 Å². The first-order valence-corrected chi connectivity index (χ1v) is 5.94. The lowest BCUT2D eigenvalue weighted by Gasteiger charge is -2.17. The topological polar surface area (TPSA) is 54.4 Å².